The van der Waals surface area contributed by atoms with Crippen LogP contribution in [0.15, 0.2) is 18.2 Å². The van der Waals surface area contributed by atoms with Gasteiger partial charge in [0, 0.05) is 19.2 Å². The van der Waals surface area contributed by atoms with E-state index in [-0.39, 0.29) is 19.1 Å². The summed E-state index contributed by atoms with van der Waals surface area (Å²) < 4.78 is 5.33. The summed E-state index contributed by atoms with van der Waals surface area (Å²) in [4.78, 5) is 24.2. The van der Waals surface area contributed by atoms with Crippen molar-refractivity contribution in [3.05, 3.63) is 28.2 Å². The average Bonchev–Trinajstić information content (AvgIpc) is 2.89. The maximum Gasteiger partial charge on any atom is 0.308 e. The molecule has 1 aromatic carbocycles. The zero-order chi connectivity index (χ0) is 14.7. The maximum absolute atomic E-state index is 11.9. The van der Waals surface area contributed by atoms with Crippen molar-refractivity contribution in [2.24, 2.45) is 5.92 Å². The summed E-state index contributed by atoms with van der Waals surface area (Å²) in [6.45, 7) is 0.531. The lowest BCUT2D eigenvalue weighted by Crippen LogP contribution is -2.33. The Morgan fingerprint density at radius 3 is 2.70 bits per heavy atom. The number of carbonyl (C=O) groups excluding carboxylic acids is 1. The molecule has 0 unspecified atom stereocenters. The molecule has 7 heteroatoms. The fourth-order valence-electron chi connectivity index (χ4n) is 1.99. The van der Waals surface area contributed by atoms with Crippen LogP contribution in [0.25, 0.3) is 0 Å². The first-order chi connectivity index (χ1) is 9.47. The summed E-state index contributed by atoms with van der Waals surface area (Å²) in [7, 11) is 0. The second-order valence-electron chi connectivity index (χ2n) is 4.53. The van der Waals surface area contributed by atoms with E-state index in [4.69, 9.17) is 33.0 Å². The Labute approximate surface area is 126 Å². The van der Waals surface area contributed by atoms with Crippen LogP contribution in [-0.2, 0) is 9.59 Å². The summed E-state index contributed by atoms with van der Waals surface area (Å²) in [6.07, 6.45) is 0.480. The van der Waals surface area contributed by atoms with Gasteiger partial charge in [0.1, 0.15) is 5.75 Å². The predicted octanol–water partition coefficient (Wildman–Crippen LogP) is 2.31. The van der Waals surface area contributed by atoms with Crippen LogP contribution in [0.1, 0.15) is 6.42 Å². The zero-order valence-corrected chi connectivity index (χ0v) is 12.0. The molecule has 108 valence electrons. The monoisotopic (exact) mass is 317 g/mol. The maximum atomic E-state index is 11.9. The molecule has 0 bridgehead atoms. The Balaban J connectivity index is 1.86. The molecule has 1 heterocycles. The largest absolute Gasteiger partial charge is 0.484 e. The van der Waals surface area contributed by atoms with Crippen molar-refractivity contribution in [3.8, 4) is 5.75 Å². The Hall–Kier alpha value is -1.46. The van der Waals surface area contributed by atoms with Gasteiger partial charge in [-0.1, -0.05) is 23.2 Å². The van der Waals surface area contributed by atoms with Crippen molar-refractivity contribution in [3.63, 3.8) is 0 Å². The van der Waals surface area contributed by atoms with Crippen LogP contribution in [0.4, 0.5) is 0 Å². The van der Waals surface area contributed by atoms with E-state index in [0.717, 1.165) is 0 Å². The van der Waals surface area contributed by atoms with E-state index in [0.29, 0.717) is 28.8 Å². The predicted molar refractivity (Wildman–Crippen MR) is 74.3 cm³/mol. The third kappa shape index (κ3) is 3.55. The van der Waals surface area contributed by atoms with Gasteiger partial charge in [-0.15, -0.1) is 0 Å². The van der Waals surface area contributed by atoms with Gasteiger partial charge in [0.05, 0.1) is 16.0 Å². The molecule has 5 nitrogen and oxygen atoms in total. The van der Waals surface area contributed by atoms with Gasteiger partial charge in [0.25, 0.3) is 5.91 Å². The molecule has 0 radical (unpaired) electrons. The summed E-state index contributed by atoms with van der Waals surface area (Å²) >= 11 is 11.6. The lowest BCUT2D eigenvalue weighted by molar-refractivity contribution is -0.141. The summed E-state index contributed by atoms with van der Waals surface area (Å²) in [5.41, 5.74) is 0. The first-order valence-corrected chi connectivity index (χ1v) is 6.81. The second-order valence-corrected chi connectivity index (χ2v) is 5.34. The number of halogens is 2. The third-order valence-electron chi connectivity index (χ3n) is 3.14. The average molecular weight is 318 g/mol. The van der Waals surface area contributed by atoms with Crippen LogP contribution in [0.5, 0.6) is 5.75 Å². The number of ether oxygens (including phenoxy) is 1. The SMILES string of the molecule is O=C(O)[C@@H]1CCN(C(=O)COc2ccc(Cl)c(Cl)c2)C1. The smallest absolute Gasteiger partial charge is 0.308 e. The van der Waals surface area contributed by atoms with E-state index in [1.807, 2.05) is 0 Å². The molecule has 1 atom stereocenters. The van der Waals surface area contributed by atoms with Gasteiger partial charge < -0.3 is 14.7 Å². The molecule has 1 fully saturated rings. The quantitative estimate of drug-likeness (QED) is 0.925. The van der Waals surface area contributed by atoms with E-state index < -0.39 is 11.9 Å². The summed E-state index contributed by atoms with van der Waals surface area (Å²) in [6, 6.07) is 4.73. The van der Waals surface area contributed by atoms with Gasteiger partial charge in [-0.2, -0.15) is 0 Å². The fraction of sp³-hybridized carbons (Fsp3) is 0.385. The van der Waals surface area contributed by atoms with E-state index in [2.05, 4.69) is 0 Å². The van der Waals surface area contributed by atoms with Crippen LogP contribution >= 0.6 is 23.2 Å². The molecule has 0 spiro atoms. The van der Waals surface area contributed by atoms with E-state index in [9.17, 15) is 9.59 Å². The van der Waals surface area contributed by atoms with E-state index >= 15 is 0 Å². The number of carboxylic acids is 1. The van der Waals surface area contributed by atoms with Crippen molar-refractivity contribution in [1.29, 1.82) is 0 Å². The molecule has 0 aromatic heterocycles. The molecule has 1 aliphatic heterocycles. The number of benzene rings is 1. The second kappa shape index (κ2) is 6.33. The van der Waals surface area contributed by atoms with Crippen LogP contribution in [0.2, 0.25) is 10.0 Å². The number of hydrogen-bond donors (Lipinski definition) is 1. The van der Waals surface area contributed by atoms with Gasteiger partial charge in [-0.3, -0.25) is 9.59 Å². The van der Waals surface area contributed by atoms with Crippen molar-refractivity contribution < 1.29 is 19.4 Å². The van der Waals surface area contributed by atoms with E-state index in [1.165, 1.54) is 11.0 Å². The highest BCUT2D eigenvalue weighted by atomic mass is 35.5. The zero-order valence-electron chi connectivity index (χ0n) is 10.5. The summed E-state index contributed by atoms with van der Waals surface area (Å²) in [5.74, 6) is -1.14. The molecule has 0 aliphatic carbocycles. The molecule has 1 saturated heterocycles. The lowest BCUT2D eigenvalue weighted by Gasteiger charge is -2.16. The number of carbonyl (C=O) groups is 2. The molecular weight excluding hydrogens is 305 g/mol. The summed E-state index contributed by atoms with van der Waals surface area (Å²) in [5, 5.41) is 9.64. The lowest BCUT2D eigenvalue weighted by atomic mass is 10.1. The first-order valence-electron chi connectivity index (χ1n) is 6.06. The fourth-order valence-corrected chi connectivity index (χ4v) is 2.28. The van der Waals surface area contributed by atoms with Crippen molar-refractivity contribution in [1.82, 2.24) is 4.90 Å². The van der Waals surface area contributed by atoms with Crippen LogP contribution in [0.3, 0.4) is 0 Å². The minimum atomic E-state index is -0.870. The van der Waals surface area contributed by atoms with Gasteiger partial charge in [0.2, 0.25) is 0 Å². The molecule has 1 aromatic rings. The van der Waals surface area contributed by atoms with Crippen LogP contribution in [0, 0.1) is 5.92 Å². The van der Waals surface area contributed by atoms with Gasteiger partial charge in [-0.25, -0.2) is 0 Å². The molecular formula is C13H13Cl2NO4. The molecule has 1 N–H and O–H groups in total. The number of aliphatic carboxylic acids is 1. The normalized spacial score (nSPS) is 18.1. The first kappa shape index (κ1) is 14.9. The Morgan fingerprint density at radius 1 is 1.35 bits per heavy atom. The highest BCUT2D eigenvalue weighted by molar-refractivity contribution is 6.42. The molecule has 1 amide bonds. The molecule has 1 aliphatic rings. The number of hydrogen-bond acceptors (Lipinski definition) is 3. The number of carboxylic acid groups (broad SMARTS) is 1. The number of rotatable bonds is 4. The van der Waals surface area contributed by atoms with Gasteiger partial charge in [-0.05, 0) is 18.6 Å². The molecule has 2 rings (SSSR count). The topological polar surface area (TPSA) is 66.8 Å². The van der Waals surface area contributed by atoms with Crippen molar-refractivity contribution >= 4 is 35.1 Å². The minimum Gasteiger partial charge on any atom is -0.484 e. The number of nitrogens with zero attached hydrogens (tertiary/aromatic N) is 1. The minimum absolute atomic E-state index is 0.149. The van der Waals surface area contributed by atoms with Crippen molar-refractivity contribution in [2.45, 2.75) is 6.42 Å². The highest BCUT2D eigenvalue weighted by Crippen LogP contribution is 2.26. The van der Waals surface area contributed by atoms with Gasteiger partial charge in [0.15, 0.2) is 6.61 Å². The van der Waals surface area contributed by atoms with Gasteiger partial charge >= 0.3 is 5.97 Å². The van der Waals surface area contributed by atoms with E-state index in [1.54, 1.807) is 12.1 Å². The molecule has 0 saturated carbocycles. The third-order valence-corrected chi connectivity index (χ3v) is 3.88. The Kier molecular flexibility index (Phi) is 4.73. The molecule has 20 heavy (non-hydrogen) atoms. The number of amides is 1. The number of likely N-dealkylation sites (tertiary alicyclic amines) is 1. The highest BCUT2D eigenvalue weighted by Gasteiger charge is 2.30. The van der Waals surface area contributed by atoms with Crippen molar-refractivity contribution in [2.75, 3.05) is 19.7 Å². The van der Waals surface area contributed by atoms with Crippen LogP contribution < -0.4 is 4.74 Å². The standard InChI is InChI=1S/C13H13Cl2NO4/c14-10-2-1-9(5-11(10)15)20-7-12(17)16-4-3-8(6-16)13(18)19/h1-2,5,8H,3-4,6-7H2,(H,18,19)/t8-/m1/s1. The Bertz CT molecular complexity index is 535. The Morgan fingerprint density at radius 2 is 2.10 bits per heavy atom. The van der Waals surface area contributed by atoms with Crippen LogP contribution in [-0.4, -0.2) is 41.6 Å².